The van der Waals surface area contributed by atoms with Crippen LogP contribution in [0, 0.1) is 13.8 Å². The van der Waals surface area contributed by atoms with Crippen molar-refractivity contribution in [2.24, 2.45) is 0 Å². The molecule has 0 aliphatic rings. The van der Waals surface area contributed by atoms with Crippen LogP contribution in [0.5, 0.6) is 0 Å². The van der Waals surface area contributed by atoms with Crippen LogP contribution in [0.2, 0.25) is 5.02 Å². The maximum atomic E-state index is 11.9. The number of amides is 1. The summed E-state index contributed by atoms with van der Waals surface area (Å²) >= 11 is 5.80. The topological polar surface area (TPSA) is 41.1 Å². The molecule has 4 heteroatoms. The molecule has 1 amide bonds. The highest BCUT2D eigenvalue weighted by molar-refractivity contribution is 6.30. The molecule has 0 aliphatic carbocycles. The molecule has 0 saturated heterocycles. The van der Waals surface area contributed by atoms with Crippen molar-refractivity contribution in [2.75, 3.05) is 17.2 Å². The van der Waals surface area contributed by atoms with Crippen molar-refractivity contribution in [1.29, 1.82) is 0 Å². The molecule has 0 unspecified atom stereocenters. The fourth-order valence-corrected chi connectivity index (χ4v) is 1.97. The Kier molecular flexibility index (Phi) is 4.64. The molecule has 0 aliphatic heterocycles. The van der Waals surface area contributed by atoms with Gasteiger partial charge in [0.15, 0.2) is 0 Å². The second-order valence-electron chi connectivity index (χ2n) is 4.73. The van der Waals surface area contributed by atoms with Gasteiger partial charge in [0, 0.05) is 16.4 Å². The van der Waals surface area contributed by atoms with Crippen LogP contribution in [0.25, 0.3) is 0 Å². The van der Waals surface area contributed by atoms with E-state index < -0.39 is 0 Å². The van der Waals surface area contributed by atoms with Crippen LogP contribution in [0.15, 0.2) is 42.5 Å². The van der Waals surface area contributed by atoms with E-state index in [2.05, 4.69) is 10.6 Å². The fourth-order valence-electron chi connectivity index (χ4n) is 1.84. The van der Waals surface area contributed by atoms with Crippen LogP contribution >= 0.6 is 11.6 Å². The molecular formula is C16H17ClN2O. The van der Waals surface area contributed by atoms with Crippen molar-refractivity contribution in [2.45, 2.75) is 13.8 Å². The van der Waals surface area contributed by atoms with Gasteiger partial charge in [-0.2, -0.15) is 0 Å². The molecular weight excluding hydrogens is 272 g/mol. The summed E-state index contributed by atoms with van der Waals surface area (Å²) in [5.41, 5.74) is 4.00. The number of halogens is 1. The maximum absolute atomic E-state index is 11.9. The van der Waals surface area contributed by atoms with Gasteiger partial charge in [0.25, 0.3) is 0 Å². The quantitative estimate of drug-likeness (QED) is 0.892. The molecule has 0 fully saturated rings. The first-order chi connectivity index (χ1) is 9.54. The monoisotopic (exact) mass is 288 g/mol. The number of carbonyl (C=O) groups is 1. The van der Waals surface area contributed by atoms with E-state index in [1.54, 1.807) is 24.3 Å². The Labute approximate surface area is 124 Å². The molecule has 2 rings (SSSR count). The number of rotatable bonds is 4. The van der Waals surface area contributed by atoms with Crippen molar-refractivity contribution >= 4 is 28.9 Å². The van der Waals surface area contributed by atoms with Crippen LogP contribution in [0.1, 0.15) is 11.1 Å². The zero-order valence-corrected chi connectivity index (χ0v) is 12.3. The minimum absolute atomic E-state index is 0.0896. The van der Waals surface area contributed by atoms with Crippen molar-refractivity contribution in [1.82, 2.24) is 0 Å². The van der Waals surface area contributed by atoms with Crippen molar-refractivity contribution in [3.8, 4) is 0 Å². The minimum atomic E-state index is -0.0896. The Hall–Kier alpha value is -2.00. The molecule has 2 aromatic rings. The van der Waals surface area contributed by atoms with Gasteiger partial charge < -0.3 is 10.6 Å². The highest BCUT2D eigenvalue weighted by Gasteiger charge is 2.04. The van der Waals surface area contributed by atoms with Gasteiger partial charge in [-0.3, -0.25) is 4.79 Å². The summed E-state index contributed by atoms with van der Waals surface area (Å²) in [6, 6.07) is 13.2. The maximum Gasteiger partial charge on any atom is 0.243 e. The first-order valence-corrected chi connectivity index (χ1v) is 6.79. The average molecular weight is 289 g/mol. The molecule has 0 spiro atoms. The van der Waals surface area contributed by atoms with Gasteiger partial charge in [0.1, 0.15) is 0 Å². The molecule has 20 heavy (non-hydrogen) atoms. The minimum Gasteiger partial charge on any atom is -0.376 e. The fraction of sp³-hybridized carbons (Fsp3) is 0.188. The third-order valence-corrected chi connectivity index (χ3v) is 3.21. The van der Waals surface area contributed by atoms with Gasteiger partial charge in [-0.05, 0) is 55.3 Å². The molecule has 0 atom stereocenters. The SMILES string of the molecule is Cc1ccc(C)c(NCC(=O)Nc2ccc(Cl)cc2)c1. The van der Waals surface area contributed by atoms with Gasteiger partial charge in [-0.25, -0.2) is 0 Å². The smallest absolute Gasteiger partial charge is 0.243 e. The molecule has 0 aromatic heterocycles. The standard InChI is InChI=1S/C16H17ClN2O/c1-11-3-4-12(2)15(9-11)18-10-16(20)19-14-7-5-13(17)6-8-14/h3-9,18H,10H2,1-2H3,(H,19,20). The zero-order valence-electron chi connectivity index (χ0n) is 11.5. The van der Waals surface area contributed by atoms with Crippen LogP contribution in [-0.2, 0) is 4.79 Å². The van der Waals surface area contributed by atoms with Gasteiger partial charge in [-0.15, -0.1) is 0 Å². The van der Waals surface area contributed by atoms with E-state index in [9.17, 15) is 4.79 Å². The Balaban J connectivity index is 1.92. The van der Waals surface area contributed by atoms with E-state index in [1.807, 2.05) is 32.0 Å². The third kappa shape index (κ3) is 4.00. The first-order valence-electron chi connectivity index (χ1n) is 6.41. The van der Waals surface area contributed by atoms with Crippen molar-refractivity contribution in [3.05, 3.63) is 58.6 Å². The van der Waals surface area contributed by atoms with Crippen LogP contribution in [0.3, 0.4) is 0 Å². The Morgan fingerprint density at radius 1 is 1.10 bits per heavy atom. The summed E-state index contributed by atoms with van der Waals surface area (Å²) < 4.78 is 0. The molecule has 0 radical (unpaired) electrons. The number of hydrogen-bond donors (Lipinski definition) is 2. The number of carbonyl (C=O) groups excluding carboxylic acids is 1. The van der Waals surface area contributed by atoms with Crippen LogP contribution < -0.4 is 10.6 Å². The number of hydrogen-bond acceptors (Lipinski definition) is 2. The zero-order chi connectivity index (χ0) is 14.5. The van der Waals surface area contributed by atoms with Crippen molar-refractivity contribution in [3.63, 3.8) is 0 Å². The Morgan fingerprint density at radius 3 is 2.50 bits per heavy atom. The average Bonchev–Trinajstić information content (AvgIpc) is 2.42. The van der Waals surface area contributed by atoms with Crippen LogP contribution in [-0.4, -0.2) is 12.5 Å². The molecule has 104 valence electrons. The summed E-state index contributed by atoms with van der Waals surface area (Å²) in [6.07, 6.45) is 0. The normalized spacial score (nSPS) is 10.2. The van der Waals surface area contributed by atoms with Gasteiger partial charge in [-0.1, -0.05) is 23.7 Å². The van der Waals surface area contributed by atoms with E-state index in [-0.39, 0.29) is 12.5 Å². The lowest BCUT2D eigenvalue weighted by Gasteiger charge is -2.11. The van der Waals surface area contributed by atoms with E-state index >= 15 is 0 Å². The molecule has 0 bridgehead atoms. The molecule has 0 saturated carbocycles. The number of anilines is 2. The lowest BCUT2D eigenvalue weighted by molar-refractivity contribution is -0.114. The van der Waals surface area contributed by atoms with Crippen molar-refractivity contribution < 1.29 is 4.79 Å². The van der Waals surface area contributed by atoms with E-state index in [0.717, 1.165) is 22.5 Å². The summed E-state index contributed by atoms with van der Waals surface area (Å²) in [4.78, 5) is 11.9. The predicted octanol–water partition coefficient (Wildman–Crippen LogP) is 4.01. The third-order valence-electron chi connectivity index (χ3n) is 2.96. The van der Waals surface area contributed by atoms with E-state index in [1.165, 1.54) is 0 Å². The van der Waals surface area contributed by atoms with E-state index in [4.69, 9.17) is 11.6 Å². The van der Waals surface area contributed by atoms with Gasteiger partial charge >= 0.3 is 0 Å². The first kappa shape index (κ1) is 14.4. The Bertz CT molecular complexity index is 608. The number of aryl methyl sites for hydroxylation is 2. The second-order valence-corrected chi connectivity index (χ2v) is 5.16. The summed E-state index contributed by atoms with van der Waals surface area (Å²) in [5, 5.41) is 6.61. The summed E-state index contributed by atoms with van der Waals surface area (Å²) in [5.74, 6) is -0.0896. The predicted molar refractivity (Wildman–Crippen MR) is 84.5 cm³/mol. The molecule has 2 aromatic carbocycles. The summed E-state index contributed by atoms with van der Waals surface area (Å²) in [6.45, 7) is 4.27. The van der Waals surface area contributed by atoms with Gasteiger partial charge in [0.2, 0.25) is 5.91 Å². The number of benzene rings is 2. The lowest BCUT2D eigenvalue weighted by Crippen LogP contribution is -2.22. The van der Waals surface area contributed by atoms with Crippen LogP contribution in [0.4, 0.5) is 11.4 Å². The molecule has 0 heterocycles. The number of nitrogens with one attached hydrogen (secondary N) is 2. The molecule has 3 nitrogen and oxygen atoms in total. The highest BCUT2D eigenvalue weighted by atomic mass is 35.5. The lowest BCUT2D eigenvalue weighted by atomic mass is 10.1. The van der Waals surface area contributed by atoms with Gasteiger partial charge in [0.05, 0.1) is 6.54 Å². The Morgan fingerprint density at radius 2 is 1.80 bits per heavy atom. The van der Waals surface area contributed by atoms with E-state index in [0.29, 0.717) is 5.02 Å². The molecule has 2 N–H and O–H groups in total. The summed E-state index contributed by atoms with van der Waals surface area (Å²) in [7, 11) is 0. The second kappa shape index (κ2) is 6.44. The largest absolute Gasteiger partial charge is 0.376 e. The highest BCUT2D eigenvalue weighted by Crippen LogP contribution is 2.16.